The standard InChI is InChI=1S/C13H11NO/c1-15-7-2-3-8-9(4-7)12-11-5-10(8)13(11,12)6-14/h2-4,10-12H,5H2,1H3/t10-,11+,12+,13+/m1/s1. The molecule has 0 saturated heterocycles. The highest BCUT2D eigenvalue weighted by Crippen LogP contribution is 2.87. The molecule has 4 atom stereocenters. The van der Waals surface area contributed by atoms with E-state index in [0.29, 0.717) is 17.8 Å². The van der Waals surface area contributed by atoms with Gasteiger partial charge in [0.2, 0.25) is 0 Å². The van der Waals surface area contributed by atoms with Crippen molar-refractivity contribution in [1.29, 1.82) is 5.26 Å². The van der Waals surface area contributed by atoms with Crippen LogP contribution in [0, 0.1) is 22.7 Å². The number of hydrogen-bond acceptors (Lipinski definition) is 2. The molecular formula is C13H11NO. The monoisotopic (exact) mass is 197 g/mol. The Morgan fingerprint density at radius 2 is 2.33 bits per heavy atom. The second kappa shape index (κ2) is 2.04. The summed E-state index contributed by atoms with van der Waals surface area (Å²) in [6, 6.07) is 8.86. The fourth-order valence-corrected chi connectivity index (χ4v) is 3.93. The van der Waals surface area contributed by atoms with Crippen LogP contribution in [0.5, 0.6) is 5.75 Å². The van der Waals surface area contributed by atoms with Crippen molar-refractivity contribution in [2.45, 2.75) is 18.3 Å². The summed E-state index contributed by atoms with van der Waals surface area (Å²) in [5.41, 5.74) is 2.80. The summed E-state index contributed by atoms with van der Waals surface area (Å²) in [7, 11) is 1.70. The van der Waals surface area contributed by atoms with Crippen molar-refractivity contribution in [2.24, 2.45) is 11.3 Å². The van der Waals surface area contributed by atoms with Gasteiger partial charge in [0.25, 0.3) is 0 Å². The van der Waals surface area contributed by atoms with Crippen molar-refractivity contribution in [3.63, 3.8) is 0 Å². The van der Waals surface area contributed by atoms with Gasteiger partial charge in [-0.15, -0.1) is 0 Å². The lowest BCUT2D eigenvalue weighted by Gasteiger charge is -2.31. The van der Waals surface area contributed by atoms with Gasteiger partial charge in [-0.2, -0.15) is 5.26 Å². The Morgan fingerprint density at radius 3 is 3.07 bits per heavy atom. The highest BCUT2D eigenvalue weighted by Gasteiger charge is 2.81. The Labute approximate surface area is 88.5 Å². The lowest BCUT2D eigenvalue weighted by Crippen LogP contribution is -2.24. The third-order valence-electron chi connectivity index (χ3n) is 4.69. The molecule has 1 aromatic rings. The zero-order valence-electron chi connectivity index (χ0n) is 8.53. The maximum absolute atomic E-state index is 9.29. The number of rotatable bonds is 1. The van der Waals surface area contributed by atoms with Gasteiger partial charge in [0, 0.05) is 11.8 Å². The maximum atomic E-state index is 9.29. The molecule has 3 aliphatic carbocycles. The summed E-state index contributed by atoms with van der Waals surface area (Å²) in [6.07, 6.45) is 1.23. The number of ether oxygens (including phenoxy) is 1. The summed E-state index contributed by atoms with van der Waals surface area (Å²) in [5.74, 6) is 2.64. The van der Waals surface area contributed by atoms with Crippen LogP contribution in [0.25, 0.3) is 0 Å². The second-order valence-electron chi connectivity index (χ2n) is 4.91. The van der Waals surface area contributed by atoms with Crippen molar-refractivity contribution >= 4 is 0 Å². The number of nitriles is 1. The number of benzene rings is 1. The minimum absolute atomic E-state index is 0.00863. The first-order chi connectivity index (χ1) is 7.32. The van der Waals surface area contributed by atoms with Crippen molar-refractivity contribution in [3.05, 3.63) is 29.3 Å². The van der Waals surface area contributed by atoms with E-state index in [0.717, 1.165) is 5.75 Å². The van der Waals surface area contributed by atoms with Gasteiger partial charge in [-0.05, 0) is 35.6 Å². The van der Waals surface area contributed by atoms with Gasteiger partial charge >= 0.3 is 0 Å². The zero-order chi connectivity index (χ0) is 10.2. The Hall–Kier alpha value is -1.49. The van der Waals surface area contributed by atoms with Crippen molar-refractivity contribution in [1.82, 2.24) is 0 Å². The third-order valence-corrected chi connectivity index (χ3v) is 4.69. The van der Waals surface area contributed by atoms with Gasteiger partial charge < -0.3 is 4.74 Å². The molecule has 0 bridgehead atoms. The summed E-state index contributed by atoms with van der Waals surface area (Å²) < 4.78 is 5.24. The van der Waals surface area contributed by atoms with Crippen LogP contribution >= 0.6 is 0 Å². The molecule has 2 fully saturated rings. The Balaban J connectivity index is 1.90. The van der Waals surface area contributed by atoms with Crippen LogP contribution in [0.1, 0.15) is 29.4 Å². The van der Waals surface area contributed by atoms with Crippen LogP contribution in [0.15, 0.2) is 18.2 Å². The number of hydrogen-bond donors (Lipinski definition) is 0. The molecule has 0 N–H and O–H groups in total. The average molecular weight is 197 g/mol. The fraction of sp³-hybridized carbons (Fsp3) is 0.462. The van der Waals surface area contributed by atoms with E-state index in [9.17, 15) is 5.26 Å². The normalized spacial score (nSPS) is 42.3. The number of nitrogens with zero attached hydrogens (tertiary/aromatic N) is 1. The Kier molecular flexibility index (Phi) is 1.05. The molecule has 2 heteroatoms. The fourth-order valence-electron chi connectivity index (χ4n) is 3.93. The van der Waals surface area contributed by atoms with Gasteiger partial charge in [0.05, 0.1) is 18.6 Å². The van der Waals surface area contributed by atoms with E-state index in [4.69, 9.17) is 4.74 Å². The predicted molar refractivity (Wildman–Crippen MR) is 54.6 cm³/mol. The van der Waals surface area contributed by atoms with Crippen LogP contribution in [0.2, 0.25) is 0 Å². The van der Waals surface area contributed by atoms with Gasteiger partial charge in [-0.3, -0.25) is 0 Å². The maximum Gasteiger partial charge on any atom is 0.119 e. The van der Waals surface area contributed by atoms with Crippen LogP contribution in [0.4, 0.5) is 0 Å². The Bertz CT molecular complexity index is 516. The molecular weight excluding hydrogens is 186 g/mol. The molecule has 3 aliphatic rings. The van der Waals surface area contributed by atoms with Gasteiger partial charge in [0.15, 0.2) is 0 Å². The van der Waals surface area contributed by atoms with Gasteiger partial charge in [0.1, 0.15) is 5.75 Å². The topological polar surface area (TPSA) is 33.0 Å². The quantitative estimate of drug-likeness (QED) is 0.692. The molecule has 0 heterocycles. The van der Waals surface area contributed by atoms with E-state index in [1.807, 2.05) is 6.07 Å². The number of methoxy groups -OCH3 is 1. The van der Waals surface area contributed by atoms with E-state index in [1.54, 1.807) is 7.11 Å². The van der Waals surface area contributed by atoms with Crippen LogP contribution in [0.3, 0.4) is 0 Å². The van der Waals surface area contributed by atoms with Gasteiger partial charge in [-0.1, -0.05) is 6.07 Å². The van der Waals surface area contributed by atoms with Crippen molar-refractivity contribution < 1.29 is 4.74 Å². The lowest BCUT2D eigenvalue weighted by atomic mass is 9.71. The lowest BCUT2D eigenvalue weighted by molar-refractivity contribution is 0.311. The van der Waals surface area contributed by atoms with Gasteiger partial charge in [-0.25, -0.2) is 0 Å². The van der Waals surface area contributed by atoms with E-state index < -0.39 is 0 Å². The molecule has 2 saturated carbocycles. The molecule has 0 aliphatic heterocycles. The van der Waals surface area contributed by atoms with Crippen LogP contribution < -0.4 is 4.74 Å². The van der Waals surface area contributed by atoms with E-state index in [-0.39, 0.29) is 5.41 Å². The Morgan fingerprint density at radius 1 is 1.47 bits per heavy atom. The minimum atomic E-state index is 0.00863. The largest absolute Gasteiger partial charge is 0.497 e. The molecule has 0 amide bonds. The first-order valence-electron chi connectivity index (χ1n) is 5.42. The highest BCUT2D eigenvalue weighted by atomic mass is 16.5. The van der Waals surface area contributed by atoms with E-state index in [2.05, 4.69) is 18.2 Å². The van der Waals surface area contributed by atoms with Crippen LogP contribution in [-0.4, -0.2) is 7.11 Å². The minimum Gasteiger partial charge on any atom is -0.497 e. The summed E-state index contributed by atoms with van der Waals surface area (Å²) >= 11 is 0. The average Bonchev–Trinajstić information content (AvgIpc) is 2.71. The van der Waals surface area contributed by atoms with Crippen LogP contribution in [-0.2, 0) is 0 Å². The molecule has 0 radical (unpaired) electrons. The molecule has 1 aromatic carbocycles. The third kappa shape index (κ3) is 0.587. The predicted octanol–water partition coefficient (Wildman–Crippen LogP) is 2.42. The molecule has 0 spiro atoms. The zero-order valence-corrected chi connectivity index (χ0v) is 8.53. The van der Waals surface area contributed by atoms with E-state index >= 15 is 0 Å². The summed E-state index contributed by atoms with van der Waals surface area (Å²) in [6.45, 7) is 0. The molecule has 0 unspecified atom stereocenters. The molecule has 15 heavy (non-hydrogen) atoms. The molecule has 2 nitrogen and oxygen atoms in total. The SMILES string of the molecule is COc1ccc2c(c1)[C@H]1[C@@H]3C[C@H]2[C@@]31C#N. The molecule has 0 aromatic heterocycles. The molecule has 4 rings (SSSR count). The highest BCUT2D eigenvalue weighted by molar-refractivity contribution is 5.61. The molecule has 74 valence electrons. The van der Waals surface area contributed by atoms with E-state index in [1.165, 1.54) is 17.5 Å². The summed E-state index contributed by atoms with van der Waals surface area (Å²) in [4.78, 5) is 0. The second-order valence-corrected chi connectivity index (χ2v) is 4.91. The van der Waals surface area contributed by atoms with Crippen molar-refractivity contribution in [3.8, 4) is 11.8 Å². The van der Waals surface area contributed by atoms with Crippen molar-refractivity contribution in [2.75, 3.05) is 7.11 Å². The smallest absolute Gasteiger partial charge is 0.119 e. The summed E-state index contributed by atoms with van der Waals surface area (Å²) in [5, 5.41) is 9.29. The number of fused-ring (bicyclic) bond motifs is 4. The first kappa shape index (κ1) is 7.76. The first-order valence-corrected chi connectivity index (χ1v) is 5.42.